The quantitative estimate of drug-likeness (QED) is 0.491. The molecule has 8 heteroatoms. The van der Waals surface area contributed by atoms with Crippen molar-refractivity contribution in [3.05, 3.63) is 95.6 Å². The number of halogens is 1. The lowest BCUT2D eigenvalue weighted by atomic mass is 10.0. The second-order valence-electron chi connectivity index (χ2n) is 7.81. The second-order valence-corrected chi connectivity index (χ2v) is 7.81. The lowest BCUT2D eigenvalue weighted by molar-refractivity contribution is -0.124. The van der Waals surface area contributed by atoms with Crippen LogP contribution in [0.1, 0.15) is 40.1 Å². The van der Waals surface area contributed by atoms with Gasteiger partial charge in [0.05, 0.1) is 0 Å². The average molecular weight is 448 g/mol. The Balaban J connectivity index is 1.60. The molecule has 170 valence electrons. The van der Waals surface area contributed by atoms with Gasteiger partial charge in [-0.15, -0.1) is 0 Å². The van der Waals surface area contributed by atoms with E-state index in [0.29, 0.717) is 11.3 Å². The first-order valence-corrected chi connectivity index (χ1v) is 10.5. The van der Waals surface area contributed by atoms with Crippen LogP contribution in [0.15, 0.2) is 73.1 Å². The predicted molar refractivity (Wildman–Crippen MR) is 123 cm³/mol. The van der Waals surface area contributed by atoms with Crippen molar-refractivity contribution < 1.29 is 18.8 Å². The van der Waals surface area contributed by atoms with E-state index in [0.717, 1.165) is 5.56 Å². The Labute approximate surface area is 191 Å². The molecule has 0 radical (unpaired) electrons. The summed E-state index contributed by atoms with van der Waals surface area (Å²) >= 11 is 0. The minimum absolute atomic E-state index is 0.166. The number of rotatable bonds is 8. The molecule has 1 atom stereocenters. The van der Waals surface area contributed by atoms with E-state index in [1.165, 1.54) is 24.3 Å². The smallest absolute Gasteiger partial charge is 0.255 e. The van der Waals surface area contributed by atoms with E-state index in [4.69, 9.17) is 0 Å². The maximum absolute atomic E-state index is 13.1. The van der Waals surface area contributed by atoms with E-state index in [1.54, 1.807) is 42.7 Å². The van der Waals surface area contributed by atoms with Crippen LogP contribution in [-0.4, -0.2) is 28.7 Å². The van der Waals surface area contributed by atoms with Crippen molar-refractivity contribution in [2.45, 2.75) is 26.4 Å². The summed E-state index contributed by atoms with van der Waals surface area (Å²) in [5.74, 6) is -1.66. The van der Waals surface area contributed by atoms with Crippen LogP contribution in [0.3, 0.4) is 0 Å². The third kappa shape index (κ3) is 6.70. The Hall–Kier alpha value is -4.07. The van der Waals surface area contributed by atoms with Crippen LogP contribution in [0.5, 0.6) is 0 Å². The molecule has 0 aliphatic rings. The minimum atomic E-state index is -0.767. The number of amides is 3. The van der Waals surface area contributed by atoms with E-state index in [9.17, 15) is 18.8 Å². The van der Waals surface area contributed by atoms with Crippen molar-refractivity contribution in [1.82, 2.24) is 15.6 Å². The first kappa shape index (κ1) is 23.6. The molecule has 3 N–H and O–H groups in total. The van der Waals surface area contributed by atoms with Crippen LogP contribution in [0.2, 0.25) is 0 Å². The molecule has 3 rings (SSSR count). The molecule has 1 heterocycles. The monoisotopic (exact) mass is 448 g/mol. The molecular formula is C25H25FN4O3. The Kier molecular flexibility index (Phi) is 7.86. The maximum Gasteiger partial charge on any atom is 0.255 e. The van der Waals surface area contributed by atoms with Gasteiger partial charge in [-0.1, -0.05) is 26.0 Å². The van der Waals surface area contributed by atoms with Crippen molar-refractivity contribution >= 4 is 23.4 Å². The van der Waals surface area contributed by atoms with Gasteiger partial charge in [-0.2, -0.15) is 0 Å². The van der Waals surface area contributed by atoms with Gasteiger partial charge in [-0.05, 0) is 60.0 Å². The SMILES string of the molecule is CC(C)C(NC(=O)c1ccc(F)cc1)C(=O)NCc1cccc(NC(=O)c2ccncc2)c1. The molecule has 3 amide bonds. The van der Waals surface area contributed by atoms with E-state index >= 15 is 0 Å². The van der Waals surface area contributed by atoms with E-state index in [2.05, 4.69) is 20.9 Å². The Morgan fingerprint density at radius 1 is 0.909 bits per heavy atom. The van der Waals surface area contributed by atoms with Crippen molar-refractivity contribution in [2.75, 3.05) is 5.32 Å². The van der Waals surface area contributed by atoms with E-state index in [-0.39, 0.29) is 29.8 Å². The number of anilines is 1. The number of carbonyl (C=O) groups excluding carboxylic acids is 3. The van der Waals surface area contributed by atoms with E-state index in [1.807, 2.05) is 19.9 Å². The Morgan fingerprint density at radius 2 is 1.58 bits per heavy atom. The molecule has 33 heavy (non-hydrogen) atoms. The van der Waals surface area contributed by atoms with Gasteiger partial charge in [0.25, 0.3) is 11.8 Å². The predicted octanol–water partition coefficient (Wildman–Crippen LogP) is 3.54. The highest BCUT2D eigenvalue weighted by Crippen LogP contribution is 2.13. The van der Waals surface area contributed by atoms with Crippen LogP contribution < -0.4 is 16.0 Å². The Morgan fingerprint density at radius 3 is 2.24 bits per heavy atom. The number of pyridine rings is 1. The zero-order valence-corrected chi connectivity index (χ0v) is 18.3. The summed E-state index contributed by atoms with van der Waals surface area (Å²) in [4.78, 5) is 41.4. The molecule has 2 aromatic carbocycles. The zero-order valence-electron chi connectivity index (χ0n) is 18.3. The fourth-order valence-electron chi connectivity index (χ4n) is 3.13. The summed E-state index contributed by atoms with van der Waals surface area (Å²) < 4.78 is 13.1. The topological polar surface area (TPSA) is 100 Å². The highest BCUT2D eigenvalue weighted by Gasteiger charge is 2.24. The first-order chi connectivity index (χ1) is 15.8. The van der Waals surface area contributed by atoms with Gasteiger partial charge < -0.3 is 16.0 Å². The van der Waals surface area contributed by atoms with Crippen molar-refractivity contribution in [2.24, 2.45) is 5.92 Å². The fourth-order valence-corrected chi connectivity index (χ4v) is 3.13. The van der Waals surface area contributed by atoms with Gasteiger partial charge in [0.2, 0.25) is 5.91 Å². The fraction of sp³-hybridized carbons (Fsp3) is 0.200. The number of aromatic nitrogens is 1. The molecule has 0 fully saturated rings. The number of nitrogens with zero attached hydrogens (tertiary/aromatic N) is 1. The molecule has 1 aromatic heterocycles. The molecule has 0 spiro atoms. The summed E-state index contributed by atoms with van der Waals surface area (Å²) in [6, 6.07) is 14.7. The molecular weight excluding hydrogens is 423 g/mol. The van der Waals surface area contributed by atoms with Crippen LogP contribution in [0.4, 0.5) is 10.1 Å². The number of hydrogen-bond donors (Lipinski definition) is 3. The van der Waals surface area contributed by atoms with Crippen molar-refractivity contribution in [1.29, 1.82) is 0 Å². The van der Waals surface area contributed by atoms with Crippen LogP contribution >= 0.6 is 0 Å². The number of hydrogen-bond acceptors (Lipinski definition) is 4. The van der Waals surface area contributed by atoms with Crippen LogP contribution in [0.25, 0.3) is 0 Å². The third-order valence-corrected chi connectivity index (χ3v) is 4.94. The summed E-state index contributed by atoms with van der Waals surface area (Å²) in [7, 11) is 0. The van der Waals surface area contributed by atoms with Gasteiger partial charge in [-0.25, -0.2) is 4.39 Å². The van der Waals surface area contributed by atoms with Gasteiger partial charge in [-0.3, -0.25) is 19.4 Å². The molecule has 7 nitrogen and oxygen atoms in total. The highest BCUT2D eigenvalue weighted by molar-refractivity contribution is 6.04. The maximum atomic E-state index is 13.1. The lowest BCUT2D eigenvalue weighted by Gasteiger charge is -2.22. The van der Waals surface area contributed by atoms with Gasteiger partial charge in [0.1, 0.15) is 11.9 Å². The van der Waals surface area contributed by atoms with Crippen LogP contribution in [0, 0.1) is 11.7 Å². The summed E-state index contributed by atoms with van der Waals surface area (Å²) in [6.45, 7) is 3.86. The molecule has 0 aliphatic heterocycles. The number of benzene rings is 2. The van der Waals surface area contributed by atoms with Gasteiger partial charge in [0, 0.05) is 35.8 Å². The van der Waals surface area contributed by atoms with Crippen molar-refractivity contribution in [3.63, 3.8) is 0 Å². The minimum Gasteiger partial charge on any atom is -0.350 e. The number of carbonyl (C=O) groups is 3. The summed E-state index contributed by atoms with van der Waals surface area (Å²) in [5, 5.41) is 8.34. The largest absolute Gasteiger partial charge is 0.350 e. The standard InChI is InChI=1S/C25H25FN4O3/c1-16(2)22(30-24(32)18-6-8-20(26)9-7-18)25(33)28-15-17-4-3-5-21(14-17)29-23(31)19-10-12-27-13-11-19/h3-14,16,22H,15H2,1-2H3,(H,28,33)(H,29,31)(H,30,32). The van der Waals surface area contributed by atoms with Gasteiger partial charge >= 0.3 is 0 Å². The number of nitrogens with one attached hydrogen (secondary N) is 3. The molecule has 0 aliphatic carbocycles. The lowest BCUT2D eigenvalue weighted by Crippen LogP contribution is -2.49. The Bertz CT molecular complexity index is 1120. The molecule has 3 aromatic rings. The summed E-state index contributed by atoms with van der Waals surface area (Å²) in [6.07, 6.45) is 3.09. The highest BCUT2D eigenvalue weighted by atomic mass is 19.1. The first-order valence-electron chi connectivity index (χ1n) is 10.5. The zero-order chi connectivity index (χ0) is 23.8. The van der Waals surface area contributed by atoms with E-state index < -0.39 is 17.8 Å². The molecule has 1 unspecified atom stereocenters. The molecule has 0 saturated carbocycles. The normalized spacial score (nSPS) is 11.5. The average Bonchev–Trinajstić information content (AvgIpc) is 2.82. The molecule has 0 bridgehead atoms. The van der Waals surface area contributed by atoms with Crippen molar-refractivity contribution in [3.8, 4) is 0 Å². The third-order valence-electron chi connectivity index (χ3n) is 4.94. The second kappa shape index (κ2) is 11.0. The van der Waals surface area contributed by atoms with Crippen LogP contribution in [-0.2, 0) is 11.3 Å². The summed E-state index contributed by atoms with van der Waals surface area (Å²) in [5.41, 5.74) is 2.13. The van der Waals surface area contributed by atoms with Gasteiger partial charge in [0.15, 0.2) is 0 Å². The molecule has 0 saturated heterocycles.